The zero-order valence-electron chi connectivity index (χ0n) is 8.62. The molecule has 1 amide bonds. The normalized spacial score (nSPS) is 12.9. The third kappa shape index (κ3) is 2.50. The van der Waals surface area contributed by atoms with Crippen molar-refractivity contribution in [3.63, 3.8) is 0 Å². The molecule has 1 aromatic rings. The fourth-order valence-corrected chi connectivity index (χ4v) is 1.48. The van der Waals surface area contributed by atoms with Gasteiger partial charge in [-0.3, -0.25) is 4.79 Å². The van der Waals surface area contributed by atoms with Crippen molar-refractivity contribution in [2.24, 2.45) is 0 Å². The van der Waals surface area contributed by atoms with Crippen LogP contribution in [0.2, 0.25) is 0 Å². The maximum Gasteiger partial charge on any atom is 0.262 e. The van der Waals surface area contributed by atoms with Crippen LogP contribution < -0.4 is 10.1 Å². The number of rotatable bonds is 1. The maximum atomic E-state index is 11.0. The molecule has 1 heterocycles. The minimum Gasteiger partial charge on any atom is -0.482 e. The summed E-state index contributed by atoms with van der Waals surface area (Å²) in [6.45, 7) is 0.0700. The quantitative estimate of drug-likeness (QED) is 0.572. The predicted molar refractivity (Wildman–Crippen MR) is 65.9 cm³/mol. The molecule has 1 N–H and O–H groups in total. The molecule has 0 unspecified atom stereocenters. The molecule has 2 rings (SSSR count). The summed E-state index contributed by atoms with van der Waals surface area (Å²) in [5, 5.41) is 2.73. The number of hydrogen-bond acceptors (Lipinski definition) is 3. The number of amides is 1. The molecule has 0 saturated heterocycles. The van der Waals surface area contributed by atoms with Gasteiger partial charge in [0.05, 0.1) is 5.69 Å². The molecule has 0 spiro atoms. The van der Waals surface area contributed by atoms with Gasteiger partial charge in [-0.05, 0) is 18.2 Å². The Hall–Kier alpha value is -1.60. The van der Waals surface area contributed by atoms with Crippen LogP contribution in [0.5, 0.6) is 5.75 Å². The zero-order valence-corrected chi connectivity index (χ0v) is 9.51. The Kier molecular flexibility index (Phi) is 3.37. The molecule has 0 saturated carbocycles. The van der Waals surface area contributed by atoms with Crippen molar-refractivity contribution in [1.82, 2.24) is 0 Å². The number of carbonyl (C=O) groups excluding carboxylic acids is 1. The summed E-state index contributed by atoms with van der Waals surface area (Å²) in [5.74, 6) is 7.32. The summed E-state index contributed by atoms with van der Waals surface area (Å²) < 4.78 is 5.29. The fourth-order valence-electron chi connectivity index (χ4n) is 1.37. The van der Waals surface area contributed by atoms with Crippen LogP contribution in [0.25, 0.3) is 0 Å². The third-order valence-corrected chi connectivity index (χ3v) is 2.31. The second-order valence-corrected chi connectivity index (χ2v) is 3.77. The molecule has 0 bridgehead atoms. The highest BCUT2D eigenvalue weighted by Crippen LogP contribution is 2.28. The first-order valence-corrected chi connectivity index (χ1v) is 5.59. The maximum absolute atomic E-state index is 11.0. The van der Waals surface area contributed by atoms with E-state index in [1.807, 2.05) is 12.1 Å². The molecule has 4 heteroatoms. The Balaban J connectivity index is 2.20. The lowest BCUT2D eigenvalue weighted by molar-refractivity contribution is -0.118. The highest BCUT2D eigenvalue weighted by atomic mass is 32.1. The van der Waals surface area contributed by atoms with Crippen LogP contribution in [0, 0.1) is 11.8 Å². The molecule has 0 radical (unpaired) electrons. The molecule has 0 aromatic heterocycles. The largest absolute Gasteiger partial charge is 0.482 e. The van der Waals surface area contributed by atoms with Crippen molar-refractivity contribution in [2.45, 2.75) is 6.42 Å². The van der Waals surface area contributed by atoms with Gasteiger partial charge in [-0.2, -0.15) is 12.6 Å². The lowest BCUT2D eigenvalue weighted by Gasteiger charge is -2.17. The molecule has 16 heavy (non-hydrogen) atoms. The number of nitrogens with one attached hydrogen (secondary N) is 1. The summed E-state index contributed by atoms with van der Waals surface area (Å²) in [4.78, 5) is 11.0. The lowest BCUT2D eigenvalue weighted by Crippen LogP contribution is -2.25. The average molecular weight is 233 g/mol. The summed E-state index contributed by atoms with van der Waals surface area (Å²) in [5.41, 5.74) is 1.59. The van der Waals surface area contributed by atoms with E-state index < -0.39 is 0 Å². The van der Waals surface area contributed by atoms with Gasteiger partial charge < -0.3 is 10.1 Å². The Morgan fingerprint density at radius 2 is 2.38 bits per heavy atom. The number of thiol groups is 1. The van der Waals surface area contributed by atoms with Crippen molar-refractivity contribution in [2.75, 3.05) is 17.7 Å². The smallest absolute Gasteiger partial charge is 0.262 e. The van der Waals surface area contributed by atoms with Gasteiger partial charge >= 0.3 is 0 Å². The van der Waals surface area contributed by atoms with E-state index in [1.165, 1.54) is 0 Å². The summed E-state index contributed by atoms with van der Waals surface area (Å²) in [7, 11) is 0. The van der Waals surface area contributed by atoms with Crippen LogP contribution in [0.1, 0.15) is 12.0 Å². The molecular formula is C12H11NO2S. The van der Waals surface area contributed by atoms with Gasteiger partial charge in [0.1, 0.15) is 5.75 Å². The van der Waals surface area contributed by atoms with Crippen molar-refractivity contribution in [3.8, 4) is 17.6 Å². The number of ether oxygens (including phenoxy) is 1. The van der Waals surface area contributed by atoms with Crippen LogP contribution >= 0.6 is 12.6 Å². The number of carbonyl (C=O) groups is 1. The minimum absolute atomic E-state index is 0.0700. The third-order valence-electron chi connectivity index (χ3n) is 2.08. The van der Waals surface area contributed by atoms with Crippen LogP contribution in [-0.2, 0) is 4.79 Å². The second-order valence-electron chi connectivity index (χ2n) is 3.32. The van der Waals surface area contributed by atoms with Gasteiger partial charge in [-0.15, -0.1) is 0 Å². The van der Waals surface area contributed by atoms with Crippen LogP contribution in [0.15, 0.2) is 18.2 Å². The molecule has 0 fully saturated rings. The number of anilines is 1. The molecule has 0 aliphatic carbocycles. The molecule has 1 aliphatic rings. The van der Waals surface area contributed by atoms with E-state index in [0.29, 0.717) is 11.4 Å². The Labute approximate surface area is 99.6 Å². The van der Waals surface area contributed by atoms with Gasteiger partial charge in [-0.25, -0.2) is 0 Å². The molecule has 3 nitrogen and oxygen atoms in total. The predicted octanol–water partition coefficient (Wildman–Crippen LogP) is 1.69. The van der Waals surface area contributed by atoms with Crippen LogP contribution in [0.3, 0.4) is 0 Å². The fraction of sp³-hybridized carbons (Fsp3) is 0.250. The van der Waals surface area contributed by atoms with Gasteiger partial charge in [0.2, 0.25) is 0 Å². The Morgan fingerprint density at radius 3 is 3.19 bits per heavy atom. The first kappa shape index (κ1) is 10.9. The van der Waals surface area contributed by atoms with E-state index in [1.54, 1.807) is 6.07 Å². The van der Waals surface area contributed by atoms with Crippen LogP contribution in [0.4, 0.5) is 5.69 Å². The summed E-state index contributed by atoms with van der Waals surface area (Å²) >= 11 is 4.08. The molecule has 1 aliphatic heterocycles. The second kappa shape index (κ2) is 4.95. The first-order valence-electron chi connectivity index (χ1n) is 4.96. The lowest BCUT2D eigenvalue weighted by atomic mass is 10.1. The van der Waals surface area contributed by atoms with Gasteiger partial charge in [0.15, 0.2) is 6.61 Å². The first-order chi connectivity index (χ1) is 7.79. The highest BCUT2D eigenvalue weighted by molar-refractivity contribution is 7.80. The average Bonchev–Trinajstić information content (AvgIpc) is 2.29. The van der Waals surface area contributed by atoms with Gasteiger partial charge in [0.25, 0.3) is 5.91 Å². The summed E-state index contributed by atoms with van der Waals surface area (Å²) in [6, 6.07) is 5.50. The van der Waals surface area contributed by atoms with E-state index in [-0.39, 0.29) is 12.5 Å². The Bertz CT molecular complexity index is 474. The highest BCUT2D eigenvalue weighted by Gasteiger charge is 2.15. The number of fused-ring (bicyclic) bond motifs is 1. The minimum atomic E-state index is -0.124. The van der Waals surface area contributed by atoms with Crippen molar-refractivity contribution in [3.05, 3.63) is 23.8 Å². The monoisotopic (exact) mass is 233 g/mol. The van der Waals surface area contributed by atoms with E-state index in [9.17, 15) is 4.79 Å². The topological polar surface area (TPSA) is 38.3 Å². The Morgan fingerprint density at radius 1 is 1.50 bits per heavy atom. The molecular weight excluding hydrogens is 222 g/mol. The van der Waals surface area contributed by atoms with E-state index in [2.05, 4.69) is 29.8 Å². The molecule has 1 aromatic carbocycles. The van der Waals surface area contributed by atoms with Crippen LogP contribution in [-0.4, -0.2) is 18.3 Å². The van der Waals surface area contributed by atoms with Crippen molar-refractivity contribution >= 4 is 24.2 Å². The van der Waals surface area contributed by atoms with Gasteiger partial charge in [-0.1, -0.05) is 11.8 Å². The van der Waals surface area contributed by atoms with Gasteiger partial charge in [0, 0.05) is 17.7 Å². The van der Waals surface area contributed by atoms with E-state index in [0.717, 1.165) is 17.7 Å². The molecule has 0 atom stereocenters. The van der Waals surface area contributed by atoms with Crippen molar-refractivity contribution in [1.29, 1.82) is 0 Å². The zero-order chi connectivity index (χ0) is 11.4. The van der Waals surface area contributed by atoms with E-state index >= 15 is 0 Å². The standard InChI is InChI=1S/C12H11NO2S/c14-12-8-15-11-7-9(3-1-2-6-16)4-5-10(11)13-12/h4-5,7,16H,2,6,8H2,(H,13,14). The number of hydrogen-bond donors (Lipinski definition) is 2. The SMILES string of the molecule is O=C1COc2cc(C#CCCS)ccc2N1. The van der Waals surface area contributed by atoms with E-state index in [4.69, 9.17) is 4.74 Å². The number of benzene rings is 1. The summed E-state index contributed by atoms with van der Waals surface area (Å²) in [6.07, 6.45) is 0.762. The van der Waals surface area contributed by atoms with Crippen molar-refractivity contribution < 1.29 is 9.53 Å². The molecule has 82 valence electrons.